The van der Waals surface area contributed by atoms with Crippen molar-refractivity contribution < 1.29 is 14.3 Å². The summed E-state index contributed by atoms with van der Waals surface area (Å²) in [5.74, 6) is 0.708. The van der Waals surface area contributed by atoms with Crippen molar-refractivity contribution in [2.75, 3.05) is 25.5 Å². The number of carbonyl (C=O) groups is 1. The van der Waals surface area contributed by atoms with Gasteiger partial charge in [0, 0.05) is 19.3 Å². The molecule has 11 nitrogen and oxygen atoms in total. The van der Waals surface area contributed by atoms with Gasteiger partial charge in [-0.25, -0.2) is 19.6 Å². The molecule has 0 radical (unpaired) electrons. The summed E-state index contributed by atoms with van der Waals surface area (Å²) in [5, 5.41) is 3.08. The predicted octanol–water partition coefficient (Wildman–Crippen LogP) is 2.84. The maximum Gasteiger partial charge on any atom is 0.410 e. The summed E-state index contributed by atoms with van der Waals surface area (Å²) in [4.78, 5) is 42.8. The first kappa shape index (κ1) is 21.6. The van der Waals surface area contributed by atoms with Crippen LogP contribution >= 0.6 is 0 Å². The number of carbonyl (C=O) groups excluding carboxylic acids is 1. The zero-order chi connectivity index (χ0) is 22.9. The van der Waals surface area contributed by atoms with Gasteiger partial charge in [0.1, 0.15) is 16.8 Å². The smallest absolute Gasteiger partial charge is 0.410 e. The number of methoxy groups -OCH3 is 1. The van der Waals surface area contributed by atoms with Gasteiger partial charge in [-0.3, -0.25) is 4.57 Å². The minimum Gasteiger partial charge on any atom is -0.480 e. The Kier molecular flexibility index (Phi) is 5.72. The number of hydrogen-bond donors (Lipinski definition) is 2. The first-order valence-corrected chi connectivity index (χ1v) is 10.5. The Balaban J connectivity index is 1.62. The molecule has 0 spiro atoms. The van der Waals surface area contributed by atoms with Crippen LogP contribution in [0.3, 0.4) is 0 Å². The van der Waals surface area contributed by atoms with E-state index >= 15 is 0 Å². The van der Waals surface area contributed by atoms with Crippen LogP contribution in [0.1, 0.15) is 39.7 Å². The third-order valence-electron chi connectivity index (χ3n) is 5.08. The fourth-order valence-corrected chi connectivity index (χ4v) is 3.74. The Labute approximate surface area is 184 Å². The minimum atomic E-state index is -0.581. The molecule has 0 bridgehead atoms. The number of aromatic amines is 1. The summed E-state index contributed by atoms with van der Waals surface area (Å²) in [7, 11) is 1.53. The number of nitrogens with zero attached hydrogens (tertiary/aromatic N) is 5. The highest BCUT2D eigenvalue weighted by Crippen LogP contribution is 2.26. The number of nitrogens with one attached hydrogen (secondary N) is 2. The maximum absolute atomic E-state index is 12.8. The second-order valence-corrected chi connectivity index (χ2v) is 8.64. The number of amides is 1. The lowest BCUT2D eigenvalue weighted by Gasteiger charge is -2.34. The summed E-state index contributed by atoms with van der Waals surface area (Å²) < 4.78 is 12.4. The molecule has 32 heavy (non-hydrogen) atoms. The number of pyridine rings is 1. The number of rotatable bonds is 4. The van der Waals surface area contributed by atoms with Gasteiger partial charge < -0.3 is 24.7 Å². The molecule has 1 fully saturated rings. The Hall–Kier alpha value is -3.63. The standard InChI is InChI=1S/C21H27N7O4/c1-21(2,3)32-20(30)27-10-6-7-13(12-27)28-16-15(25-19(28)29)11-23-18(26-16)24-14-8-5-9-22-17(14)31-4/h5,8-9,11,13H,6-7,10,12H2,1-4H3,(H,25,29)(H,23,24,26)/t13-/m1/s1. The summed E-state index contributed by atoms with van der Waals surface area (Å²) in [6, 6.07) is 3.33. The van der Waals surface area contributed by atoms with E-state index in [4.69, 9.17) is 9.47 Å². The van der Waals surface area contributed by atoms with Gasteiger partial charge in [0.15, 0.2) is 5.65 Å². The molecule has 4 rings (SSSR count). The van der Waals surface area contributed by atoms with E-state index in [2.05, 4.69) is 25.3 Å². The molecule has 3 aromatic rings. The molecule has 3 aromatic heterocycles. The molecular weight excluding hydrogens is 414 g/mol. The summed E-state index contributed by atoms with van der Waals surface area (Å²) in [6.45, 7) is 6.45. The van der Waals surface area contributed by atoms with Gasteiger partial charge in [0.2, 0.25) is 11.8 Å². The van der Waals surface area contributed by atoms with Gasteiger partial charge in [0.05, 0.1) is 19.3 Å². The molecule has 170 valence electrons. The number of ether oxygens (including phenoxy) is 2. The van der Waals surface area contributed by atoms with Crippen molar-refractivity contribution in [3.63, 3.8) is 0 Å². The molecular formula is C21H27N7O4. The second-order valence-electron chi connectivity index (χ2n) is 8.64. The van der Waals surface area contributed by atoms with Crippen molar-refractivity contribution in [1.82, 2.24) is 29.4 Å². The van der Waals surface area contributed by atoms with Gasteiger partial charge in [-0.2, -0.15) is 4.98 Å². The van der Waals surface area contributed by atoms with Gasteiger partial charge in [0.25, 0.3) is 0 Å². The van der Waals surface area contributed by atoms with Crippen LogP contribution in [0.5, 0.6) is 5.88 Å². The first-order valence-electron chi connectivity index (χ1n) is 10.5. The van der Waals surface area contributed by atoms with Crippen LogP contribution in [0.2, 0.25) is 0 Å². The molecule has 1 atom stereocenters. The average Bonchev–Trinajstić information content (AvgIpc) is 3.08. The number of imidazole rings is 1. The molecule has 0 unspecified atom stereocenters. The van der Waals surface area contributed by atoms with Crippen LogP contribution in [0, 0.1) is 0 Å². The molecule has 4 heterocycles. The van der Waals surface area contributed by atoms with E-state index in [0.717, 1.165) is 12.8 Å². The number of H-pyrrole nitrogens is 1. The Morgan fingerprint density at radius 1 is 1.31 bits per heavy atom. The zero-order valence-electron chi connectivity index (χ0n) is 18.6. The third-order valence-corrected chi connectivity index (χ3v) is 5.08. The van der Waals surface area contributed by atoms with Crippen LogP contribution in [0.4, 0.5) is 16.4 Å². The van der Waals surface area contributed by atoms with Crippen LogP contribution in [0.15, 0.2) is 29.3 Å². The minimum absolute atomic E-state index is 0.229. The molecule has 2 N–H and O–H groups in total. The molecule has 1 saturated heterocycles. The Morgan fingerprint density at radius 2 is 2.12 bits per heavy atom. The topological polar surface area (TPSA) is 127 Å². The number of hydrogen-bond acceptors (Lipinski definition) is 8. The Bertz CT molecular complexity index is 1180. The van der Waals surface area contributed by atoms with Crippen molar-refractivity contribution >= 4 is 28.9 Å². The third kappa shape index (κ3) is 4.51. The lowest BCUT2D eigenvalue weighted by molar-refractivity contribution is 0.0172. The summed E-state index contributed by atoms with van der Waals surface area (Å²) >= 11 is 0. The number of likely N-dealkylation sites (tertiary alicyclic amines) is 1. The van der Waals surface area contributed by atoms with E-state index in [-0.39, 0.29) is 17.8 Å². The van der Waals surface area contributed by atoms with Gasteiger partial charge in [-0.1, -0.05) is 0 Å². The predicted molar refractivity (Wildman–Crippen MR) is 118 cm³/mol. The maximum atomic E-state index is 12.8. The van der Waals surface area contributed by atoms with Crippen LogP contribution in [-0.2, 0) is 4.74 Å². The van der Waals surface area contributed by atoms with Crippen molar-refractivity contribution in [3.8, 4) is 5.88 Å². The van der Waals surface area contributed by atoms with Crippen LogP contribution in [-0.4, -0.2) is 61.3 Å². The highest BCUT2D eigenvalue weighted by atomic mass is 16.6. The average molecular weight is 441 g/mol. The number of aromatic nitrogens is 5. The number of fused-ring (bicyclic) bond motifs is 1. The fourth-order valence-electron chi connectivity index (χ4n) is 3.74. The molecule has 0 aromatic carbocycles. The second kappa shape index (κ2) is 8.48. The van der Waals surface area contributed by atoms with E-state index in [1.54, 1.807) is 34.0 Å². The molecule has 0 saturated carbocycles. The highest BCUT2D eigenvalue weighted by Gasteiger charge is 2.30. The molecule has 1 amide bonds. The van der Waals surface area contributed by atoms with Crippen LogP contribution < -0.4 is 15.7 Å². The molecule has 1 aliphatic rings. The monoisotopic (exact) mass is 441 g/mol. The van der Waals surface area contributed by atoms with Crippen molar-refractivity contribution in [3.05, 3.63) is 35.0 Å². The highest BCUT2D eigenvalue weighted by molar-refractivity contribution is 5.73. The van der Waals surface area contributed by atoms with Crippen LogP contribution in [0.25, 0.3) is 11.2 Å². The lowest BCUT2D eigenvalue weighted by atomic mass is 10.1. The van der Waals surface area contributed by atoms with Gasteiger partial charge >= 0.3 is 11.8 Å². The van der Waals surface area contributed by atoms with E-state index in [1.165, 1.54) is 7.11 Å². The largest absolute Gasteiger partial charge is 0.480 e. The lowest BCUT2D eigenvalue weighted by Crippen LogP contribution is -2.44. The number of piperidine rings is 1. The quantitative estimate of drug-likeness (QED) is 0.633. The summed E-state index contributed by atoms with van der Waals surface area (Å²) in [5.41, 5.74) is 0.719. The SMILES string of the molecule is COc1ncccc1Nc1ncc2[nH]c(=O)n([C@@H]3CCCN(C(=O)OC(C)(C)C)C3)c2n1. The molecule has 11 heteroatoms. The van der Waals surface area contributed by atoms with E-state index < -0.39 is 5.60 Å². The van der Waals surface area contributed by atoms with Crippen molar-refractivity contribution in [2.45, 2.75) is 45.3 Å². The van der Waals surface area contributed by atoms with E-state index in [0.29, 0.717) is 41.8 Å². The molecule has 1 aliphatic heterocycles. The first-order chi connectivity index (χ1) is 15.2. The Morgan fingerprint density at radius 3 is 2.88 bits per heavy atom. The number of anilines is 2. The zero-order valence-corrected chi connectivity index (χ0v) is 18.6. The van der Waals surface area contributed by atoms with E-state index in [9.17, 15) is 9.59 Å². The summed E-state index contributed by atoms with van der Waals surface area (Å²) in [6.07, 6.45) is 4.30. The molecule has 0 aliphatic carbocycles. The van der Waals surface area contributed by atoms with Gasteiger partial charge in [-0.05, 0) is 45.7 Å². The van der Waals surface area contributed by atoms with Crippen molar-refractivity contribution in [1.29, 1.82) is 0 Å². The normalized spacial score (nSPS) is 16.8. The van der Waals surface area contributed by atoms with E-state index in [1.807, 2.05) is 20.8 Å². The fraction of sp³-hybridized carbons (Fsp3) is 0.476. The van der Waals surface area contributed by atoms with Crippen molar-refractivity contribution in [2.24, 2.45) is 0 Å². The van der Waals surface area contributed by atoms with Gasteiger partial charge in [-0.15, -0.1) is 0 Å².